The van der Waals surface area contributed by atoms with Gasteiger partial charge in [0, 0.05) is 24.5 Å². The van der Waals surface area contributed by atoms with E-state index in [1.807, 2.05) is 0 Å². The standard InChI is InChI=1S/C21H17F4N5O2/c1-11-10-29(14-5-3-13(4-6-14)21(23,24)25)20(32)18-15(8-16(22)30(11)18)28-19(31)12-2-7-17(26)27-9-12/h2-9,11H,10H2,1H3,(H2,26,27)(H,28,31)/t11-/m0/s1. The molecule has 3 aromatic rings. The molecular formula is C21H17F4N5O2. The van der Waals surface area contributed by atoms with E-state index >= 15 is 0 Å². The number of carbonyl (C=O) groups excluding carboxylic acids is 2. The molecule has 7 nitrogen and oxygen atoms in total. The Labute approximate surface area is 179 Å². The number of fused-ring (bicyclic) bond motifs is 1. The molecule has 32 heavy (non-hydrogen) atoms. The number of nitrogens with two attached hydrogens (primary N) is 1. The van der Waals surface area contributed by atoms with Gasteiger partial charge in [0.1, 0.15) is 11.5 Å². The van der Waals surface area contributed by atoms with Crippen LogP contribution in [0.15, 0.2) is 48.7 Å². The van der Waals surface area contributed by atoms with Gasteiger partial charge in [0.15, 0.2) is 5.95 Å². The highest BCUT2D eigenvalue weighted by Gasteiger charge is 2.36. The number of hydrogen-bond acceptors (Lipinski definition) is 4. The number of pyridine rings is 1. The quantitative estimate of drug-likeness (QED) is 0.592. The first-order chi connectivity index (χ1) is 15.1. The van der Waals surface area contributed by atoms with Crippen molar-refractivity contribution in [3.05, 3.63) is 71.4 Å². The molecule has 0 aliphatic carbocycles. The van der Waals surface area contributed by atoms with Gasteiger partial charge >= 0.3 is 6.18 Å². The minimum atomic E-state index is -4.51. The van der Waals surface area contributed by atoms with E-state index in [4.69, 9.17) is 5.73 Å². The second kappa shape index (κ2) is 7.66. The van der Waals surface area contributed by atoms with Crippen LogP contribution in [0.3, 0.4) is 0 Å². The van der Waals surface area contributed by atoms with Crippen molar-refractivity contribution in [2.24, 2.45) is 0 Å². The number of aromatic nitrogens is 2. The highest BCUT2D eigenvalue weighted by atomic mass is 19.4. The van der Waals surface area contributed by atoms with Crippen LogP contribution >= 0.6 is 0 Å². The van der Waals surface area contributed by atoms with Crippen LogP contribution in [0.1, 0.15) is 39.4 Å². The summed E-state index contributed by atoms with van der Waals surface area (Å²) in [6, 6.07) is 7.45. The van der Waals surface area contributed by atoms with Crippen molar-refractivity contribution >= 4 is 29.0 Å². The molecule has 0 unspecified atom stereocenters. The largest absolute Gasteiger partial charge is 0.416 e. The zero-order chi connectivity index (χ0) is 23.2. The molecule has 3 N–H and O–H groups in total. The third-order valence-electron chi connectivity index (χ3n) is 5.13. The van der Waals surface area contributed by atoms with Crippen molar-refractivity contribution in [3.63, 3.8) is 0 Å². The summed E-state index contributed by atoms with van der Waals surface area (Å²) in [5, 5.41) is 2.50. The molecule has 0 spiro atoms. The van der Waals surface area contributed by atoms with E-state index < -0.39 is 35.5 Å². The summed E-state index contributed by atoms with van der Waals surface area (Å²) in [5.41, 5.74) is 4.86. The van der Waals surface area contributed by atoms with E-state index in [1.54, 1.807) is 6.92 Å². The Morgan fingerprint density at radius 1 is 1.19 bits per heavy atom. The number of alkyl halides is 3. The molecule has 1 aliphatic heterocycles. The minimum absolute atomic E-state index is 0.0397. The number of nitrogens with one attached hydrogen (secondary N) is 1. The number of rotatable bonds is 3. The molecule has 0 saturated carbocycles. The molecule has 0 fully saturated rings. The van der Waals surface area contributed by atoms with Gasteiger partial charge in [0.2, 0.25) is 0 Å². The van der Waals surface area contributed by atoms with Gasteiger partial charge in [-0.3, -0.25) is 9.59 Å². The Balaban J connectivity index is 1.67. The molecule has 1 aromatic carbocycles. The Morgan fingerprint density at radius 2 is 1.88 bits per heavy atom. The lowest BCUT2D eigenvalue weighted by atomic mass is 10.1. The lowest BCUT2D eigenvalue weighted by Gasteiger charge is -2.33. The van der Waals surface area contributed by atoms with Gasteiger partial charge in [-0.2, -0.15) is 17.6 Å². The molecule has 2 aromatic heterocycles. The number of hydrogen-bond donors (Lipinski definition) is 2. The molecule has 4 rings (SSSR count). The van der Waals surface area contributed by atoms with E-state index in [0.29, 0.717) is 0 Å². The van der Waals surface area contributed by atoms with Crippen molar-refractivity contribution in [1.29, 1.82) is 0 Å². The summed E-state index contributed by atoms with van der Waals surface area (Å²) in [5.74, 6) is -1.79. The maximum Gasteiger partial charge on any atom is 0.416 e. The fraction of sp³-hybridized carbons (Fsp3) is 0.190. The number of nitrogen functional groups attached to an aromatic ring is 1. The first-order valence-electron chi connectivity index (χ1n) is 9.49. The van der Waals surface area contributed by atoms with Crippen LogP contribution in [0.2, 0.25) is 0 Å². The van der Waals surface area contributed by atoms with Crippen LogP contribution in [0, 0.1) is 5.95 Å². The number of benzene rings is 1. The Morgan fingerprint density at radius 3 is 2.47 bits per heavy atom. The summed E-state index contributed by atoms with van der Waals surface area (Å²) in [6.07, 6.45) is -3.27. The molecule has 1 atom stereocenters. The summed E-state index contributed by atoms with van der Waals surface area (Å²) in [4.78, 5) is 30.8. The monoisotopic (exact) mass is 447 g/mol. The summed E-state index contributed by atoms with van der Waals surface area (Å²) >= 11 is 0. The van der Waals surface area contributed by atoms with Crippen LogP contribution in [-0.4, -0.2) is 27.9 Å². The number of carbonyl (C=O) groups is 2. The zero-order valence-electron chi connectivity index (χ0n) is 16.7. The van der Waals surface area contributed by atoms with Crippen LogP contribution in [-0.2, 0) is 6.18 Å². The lowest BCUT2D eigenvalue weighted by Crippen LogP contribution is -2.43. The predicted molar refractivity (Wildman–Crippen MR) is 109 cm³/mol. The normalized spacial score (nSPS) is 16.1. The van der Waals surface area contributed by atoms with Gasteiger partial charge in [-0.1, -0.05) is 0 Å². The van der Waals surface area contributed by atoms with E-state index in [0.717, 1.165) is 22.8 Å². The third kappa shape index (κ3) is 3.77. The third-order valence-corrected chi connectivity index (χ3v) is 5.13. The maximum absolute atomic E-state index is 14.6. The van der Waals surface area contributed by atoms with Gasteiger partial charge in [0.05, 0.1) is 22.9 Å². The molecule has 11 heteroatoms. The molecule has 3 heterocycles. The van der Waals surface area contributed by atoms with Gasteiger partial charge < -0.3 is 20.5 Å². The Kier molecular flexibility index (Phi) is 5.11. The molecule has 166 valence electrons. The number of halogens is 4. The number of nitrogens with zero attached hydrogens (tertiary/aromatic N) is 3. The smallest absolute Gasteiger partial charge is 0.384 e. The first-order valence-corrected chi connectivity index (χ1v) is 9.49. The van der Waals surface area contributed by atoms with Crippen molar-refractivity contribution in [2.75, 3.05) is 22.5 Å². The van der Waals surface area contributed by atoms with Crippen molar-refractivity contribution in [1.82, 2.24) is 9.55 Å². The van der Waals surface area contributed by atoms with Crippen molar-refractivity contribution in [3.8, 4) is 0 Å². The summed E-state index contributed by atoms with van der Waals surface area (Å²) < 4.78 is 54.4. The molecule has 2 amide bonds. The van der Waals surface area contributed by atoms with Crippen molar-refractivity contribution in [2.45, 2.75) is 19.1 Å². The number of anilines is 3. The highest BCUT2D eigenvalue weighted by Crippen LogP contribution is 2.35. The molecule has 0 radical (unpaired) electrons. The van der Waals surface area contributed by atoms with Gasteiger partial charge in [0.25, 0.3) is 11.8 Å². The SMILES string of the molecule is C[C@H]1CN(c2ccc(C(F)(F)F)cc2)C(=O)c2c(NC(=O)c3ccc(N)nc3)cc(F)n21. The van der Waals surface area contributed by atoms with E-state index in [2.05, 4.69) is 10.3 Å². The van der Waals surface area contributed by atoms with E-state index in [9.17, 15) is 27.2 Å². The second-order valence-corrected chi connectivity index (χ2v) is 7.33. The van der Waals surface area contributed by atoms with Crippen LogP contribution in [0.5, 0.6) is 0 Å². The topological polar surface area (TPSA) is 93.2 Å². The fourth-order valence-electron chi connectivity index (χ4n) is 3.58. The zero-order valence-corrected chi connectivity index (χ0v) is 16.7. The molecule has 0 saturated heterocycles. The average molecular weight is 447 g/mol. The van der Waals surface area contributed by atoms with Crippen molar-refractivity contribution < 1.29 is 27.2 Å². The van der Waals surface area contributed by atoms with Crippen LogP contribution in [0.25, 0.3) is 0 Å². The average Bonchev–Trinajstić information content (AvgIpc) is 3.07. The predicted octanol–water partition coefficient (Wildman–Crippen LogP) is 4.10. The summed E-state index contributed by atoms with van der Waals surface area (Å²) in [6.45, 7) is 1.70. The lowest BCUT2D eigenvalue weighted by molar-refractivity contribution is -0.137. The van der Waals surface area contributed by atoms with E-state index in [-0.39, 0.29) is 35.0 Å². The number of amides is 2. The Hall–Kier alpha value is -3.89. The van der Waals surface area contributed by atoms with Crippen LogP contribution < -0.4 is 16.0 Å². The molecule has 0 bridgehead atoms. The van der Waals surface area contributed by atoms with Crippen LogP contribution in [0.4, 0.5) is 34.8 Å². The molecule has 1 aliphatic rings. The Bertz CT molecular complexity index is 1190. The first kappa shape index (κ1) is 21.3. The maximum atomic E-state index is 14.6. The summed E-state index contributed by atoms with van der Waals surface area (Å²) in [7, 11) is 0. The van der Waals surface area contributed by atoms with Gasteiger partial charge in [-0.25, -0.2) is 4.98 Å². The highest BCUT2D eigenvalue weighted by molar-refractivity contribution is 6.13. The fourth-order valence-corrected chi connectivity index (χ4v) is 3.58. The minimum Gasteiger partial charge on any atom is -0.384 e. The van der Waals surface area contributed by atoms with Gasteiger partial charge in [-0.15, -0.1) is 0 Å². The molecular weight excluding hydrogens is 430 g/mol. The van der Waals surface area contributed by atoms with E-state index in [1.165, 1.54) is 35.4 Å². The second-order valence-electron chi connectivity index (χ2n) is 7.33. The van der Waals surface area contributed by atoms with Gasteiger partial charge in [-0.05, 0) is 43.3 Å².